The summed E-state index contributed by atoms with van der Waals surface area (Å²) in [7, 11) is 0. The van der Waals surface area contributed by atoms with Crippen molar-refractivity contribution in [2.24, 2.45) is 0 Å². The first-order valence-corrected chi connectivity index (χ1v) is 6.48. The number of nitrogens with zero attached hydrogens (tertiary/aromatic N) is 2. The van der Waals surface area contributed by atoms with E-state index >= 15 is 0 Å². The fraction of sp³-hybridized carbons (Fsp3) is 0.385. The minimum atomic E-state index is -0.822. The average molecular weight is 308 g/mol. The summed E-state index contributed by atoms with van der Waals surface area (Å²) in [5.74, 6) is -1.29. The van der Waals surface area contributed by atoms with Crippen LogP contribution in [0.5, 0.6) is 0 Å². The fourth-order valence-electron chi connectivity index (χ4n) is 1.58. The van der Waals surface area contributed by atoms with Gasteiger partial charge in [0.1, 0.15) is 6.54 Å². The molecule has 0 fully saturated rings. The highest BCUT2D eigenvalue weighted by molar-refractivity contribution is 5.94. The standard InChI is InChI=1S/C13H16N4O5/c1-13(2,3)15-11(19)14-9(18)7-17-12(20)22-10(16-17)8-5-4-6-21-8/h4-6H,7H2,1-3H3,(H2,14,15,18,19). The summed E-state index contributed by atoms with van der Waals surface area (Å²) in [6.45, 7) is 4.87. The van der Waals surface area contributed by atoms with Gasteiger partial charge >= 0.3 is 11.8 Å². The SMILES string of the molecule is CC(C)(C)NC(=O)NC(=O)Cn1nc(-c2ccco2)oc1=O. The third kappa shape index (κ3) is 4.08. The van der Waals surface area contributed by atoms with E-state index in [1.54, 1.807) is 32.9 Å². The number of furan rings is 1. The van der Waals surface area contributed by atoms with Gasteiger partial charge in [-0.2, -0.15) is 4.68 Å². The van der Waals surface area contributed by atoms with Gasteiger partial charge in [0.2, 0.25) is 5.91 Å². The first-order valence-electron chi connectivity index (χ1n) is 6.48. The Bertz CT molecular complexity index is 720. The second kappa shape index (κ2) is 5.88. The minimum Gasteiger partial charge on any atom is -0.459 e. The zero-order valence-corrected chi connectivity index (χ0v) is 12.4. The maximum absolute atomic E-state index is 11.7. The van der Waals surface area contributed by atoms with Gasteiger partial charge in [-0.1, -0.05) is 0 Å². The third-order valence-electron chi connectivity index (χ3n) is 2.37. The first kappa shape index (κ1) is 15.5. The van der Waals surface area contributed by atoms with Crippen LogP contribution in [0.2, 0.25) is 0 Å². The summed E-state index contributed by atoms with van der Waals surface area (Å²) >= 11 is 0. The smallest absolute Gasteiger partial charge is 0.437 e. The quantitative estimate of drug-likeness (QED) is 0.862. The molecule has 0 spiro atoms. The summed E-state index contributed by atoms with van der Waals surface area (Å²) in [5, 5.41) is 8.49. The zero-order valence-electron chi connectivity index (χ0n) is 12.4. The van der Waals surface area contributed by atoms with Crippen molar-refractivity contribution < 1.29 is 18.4 Å². The molecular weight excluding hydrogens is 292 g/mol. The molecule has 0 unspecified atom stereocenters. The van der Waals surface area contributed by atoms with Crippen molar-refractivity contribution in [2.75, 3.05) is 0 Å². The minimum absolute atomic E-state index is 0.0399. The Morgan fingerprint density at radius 3 is 2.68 bits per heavy atom. The number of imide groups is 1. The van der Waals surface area contributed by atoms with Gasteiger partial charge in [-0.3, -0.25) is 10.1 Å². The second-order valence-corrected chi connectivity index (χ2v) is 5.56. The molecule has 0 aromatic carbocycles. The lowest BCUT2D eigenvalue weighted by Gasteiger charge is -2.20. The Morgan fingerprint density at radius 2 is 2.09 bits per heavy atom. The molecule has 0 aliphatic carbocycles. The molecule has 0 saturated heterocycles. The molecule has 2 rings (SSSR count). The largest absolute Gasteiger partial charge is 0.459 e. The number of hydrogen-bond acceptors (Lipinski definition) is 6. The van der Waals surface area contributed by atoms with E-state index in [2.05, 4.69) is 15.7 Å². The van der Waals surface area contributed by atoms with Crippen LogP contribution in [0.1, 0.15) is 20.8 Å². The highest BCUT2D eigenvalue weighted by Gasteiger charge is 2.18. The lowest BCUT2D eigenvalue weighted by Crippen LogP contribution is -2.49. The van der Waals surface area contributed by atoms with E-state index in [1.165, 1.54) is 6.26 Å². The highest BCUT2D eigenvalue weighted by Crippen LogP contribution is 2.14. The van der Waals surface area contributed by atoms with E-state index in [1.807, 2.05) is 0 Å². The summed E-state index contributed by atoms with van der Waals surface area (Å²) in [6.07, 6.45) is 1.40. The molecule has 2 aromatic rings. The van der Waals surface area contributed by atoms with Crippen molar-refractivity contribution >= 4 is 11.9 Å². The van der Waals surface area contributed by atoms with Gasteiger partial charge < -0.3 is 14.2 Å². The predicted molar refractivity (Wildman–Crippen MR) is 74.9 cm³/mol. The molecule has 0 aliphatic rings. The van der Waals surface area contributed by atoms with E-state index in [9.17, 15) is 14.4 Å². The predicted octanol–water partition coefficient (Wildman–Crippen LogP) is 0.721. The summed E-state index contributed by atoms with van der Waals surface area (Å²) < 4.78 is 10.7. The molecule has 118 valence electrons. The molecule has 0 atom stereocenters. The van der Waals surface area contributed by atoms with Gasteiger partial charge in [0.05, 0.1) is 6.26 Å². The van der Waals surface area contributed by atoms with Crippen LogP contribution in [0.4, 0.5) is 4.79 Å². The number of rotatable bonds is 3. The molecular formula is C13H16N4O5. The third-order valence-corrected chi connectivity index (χ3v) is 2.37. The van der Waals surface area contributed by atoms with Crippen molar-refractivity contribution in [1.29, 1.82) is 0 Å². The number of nitrogens with one attached hydrogen (secondary N) is 2. The van der Waals surface area contributed by atoms with E-state index in [-0.39, 0.29) is 11.7 Å². The number of hydrogen-bond donors (Lipinski definition) is 2. The van der Waals surface area contributed by atoms with Crippen LogP contribution < -0.4 is 16.4 Å². The highest BCUT2D eigenvalue weighted by atomic mass is 16.4. The Labute approximate surface area is 125 Å². The molecule has 9 nitrogen and oxygen atoms in total. The lowest BCUT2D eigenvalue weighted by atomic mass is 10.1. The number of carbonyl (C=O) groups excluding carboxylic acids is 2. The fourth-order valence-corrected chi connectivity index (χ4v) is 1.58. The molecule has 9 heteroatoms. The maximum Gasteiger partial charge on any atom is 0.437 e. The molecule has 0 saturated carbocycles. The Balaban J connectivity index is 2.01. The van der Waals surface area contributed by atoms with E-state index in [0.29, 0.717) is 0 Å². The van der Waals surface area contributed by atoms with Gasteiger partial charge in [-0.25, -0.2) is 9.59 Å². The van der Waals surface area contributed by atoms with Crippen LogP contribution in [-0.2, 0) is 11.3 Å². The monoisotopic (exact) mass is 308 g/mol. The van der Waals surface area contributed by atoms with Crippen molar-refractivity contribution in [2.45, 2.75) is 32.9 Å². The van der Waals surface area contributed by atoms with Crippen LogP contribution in [-0.4, -0.2) is 27.3 Å². The number of aromatic nitrogens is 2. The summed E-state index contributed by atoms with van der Waals surface area (Å²) in [6, 6.07) is 2.52. The molecule has 0 aliphatic heterocycles. The molecule has 22 heavy (non-hydrogen) atoms. The number of amides is 3. The average Bonchev–Trinajstić information content (AvgIpc) is 2.96. The lowest BCUT2D eigenvalue weighted by molar-refractivity contribution is -0.120. The van der Waals surface area contributed by atoms with Crippen LogP contribution in [0.3, 0.4) is 0 Å². The van der Waals surface area contributed by atoms with Crippen LogP contribution in [0.15, 0.2) is 32.0 Å². The van der Waals surface area contributed by atoms with Crippen molar-refractivity contribution in [3.8, 4) is 11.7 Å². The Hall–Kier alpha value is -2.84. The Morgan fingerprint density at radius 1 is 1.36 bits per heavy atom. The van der Waals surface area contributed by atoms with Crippen molar-refractivity contribution in [3.63, 3.8) is 0 Å². The topological polar surface area (TPSA) is 119 Å². The van der Waals surface area contributed by atoms with E-state index < -0.39 is 29.8 Å². The Kier molecular flexibility index (Phi) is 4.15. The molecule has 2 N–H and O–H groups in total. The molecule has 2 aromatic heterocycles. The van der Waals surface area contributed by atoms with Gasteiger partial charge in [-0.15, -0.1) is 5.10 Å². The zero-order chi connectivity index (χ0) is 16.3. The second-order valence-electron chi connectivity index (χ2n) is 5.56. The van der Waals surface area contributed by atoms with Crippen molar-refractivity contribution in [1.82, 2.24) is 20.4 Å². The number of carbonyl (C=O) groups is 2. The van der Waals surface area contributed by atoms with Gasteiger partial charge in [0.15, 0.2) is 5.76 Å². The maximum atomic E-state index is 11.7. The number of urea groups is 1. The van der Waals surface area contributed by atoms with E-state index in [0.717, 1.165) is 4.68 Å². The van der Waals surface area contributed by atoms with Crippen LogP contribution in [0.25, 0.3) is 11.7 Å². The molecule has 2 heterocycles. The van der Waals surface area contributed by atoms with Crippen LogP contribution >= 0.6 is 0 Å². The normalized spacial score (nSPS) is 11.2. The van der Waals surface area contributed by atoms with Crippen LogP contribution in [0, 0.1) is 0 Å². The van der Waals surface area contributed by atoms with Crippen molar-refractivity contribution in [3.05, 3.63) is 28.9 Å². The van der Waals surface area contributed by atoms with E-state index in [4.69, 9.17) is 8.83 Å². The summed E-state index contributed by atoms with van der Waals surface area (Å²) in [5.41, 5.74) is -0.485. The first-order chi connectivity index (χ1) is 10.2. The van der Waals surface area contributed by atoms with Gasteiger partial charge in [0, 0.05) is 5.54 Å². The van der Waals surface area contributed by atoms with Gasteiger partial charge in [-0.05, 0) is 32.9 Å². The molecule has 3 amide bonds. The molecule has 0 radical (unpaired) electrons. The van der Waals surface area contributed by atoms with Gasteiger partial charge in [0.25, 0.3) is 5.89 Å². The summed E-state index contributed by atoms with van der Waals surface area (Å²) in [4.78, 5) is 34.9. The molecule has 0 bridgehead atoms.